The van der Waals surface area contributed by atoms with Crippen molar-refractivity contribution in [3.63, 3.8) is 0 Å². The van der Waals surface area contributed by atoms with Crippen LogP contribution in [0.4, 0.5) is 0 Å². The molecule has 0 spiro atoms. The number of nitrogens with one attached hydrogen (secondary N) is 1. The number of halogens is 1. The Bertz CT molecular complexity index is 397. The van der Waals surface area contributed by atoms with Crippen LogP contribution < -0.4 is 11.2 Å². The monoisotopic (exact) mass is 239 g/mol. The van der Waals surface area contributed by atoms with E-state index in [0.717, 1.165) is 5.56 Å². The Morgan fingerprint density at radius 2 is 2.38 bits per heavy atom. The van der Waals surface area contributed by atoms with Gasteiger partial charge in [0.1, 0.15) is 0 Å². The van der Waals surface area contributed by atoms with Gasteiger partial charge in [0.25, 0.3) is 0 Å². The number of nitrogens with zero attached hydrogens (tertiary/aromatic N) is 1. The molecule has 16 heavy (non-hydrogen) atoms. The van der Waals surface area contributed by atoms with Crippen molar-refractivity contribution >= 4 is 17.5 Å². The first-order valence-corrected chi connectivity index (χ1v) is 5.60. The predicted octanol–water partition coefficient (Wildman–Crippen LogP) is 1.08. The van der Waals surface area contributed by atoms with Crippen LogP contribution in [0, 0.1) is 0 Å². The van der Waals surface area contributed by atoms with Crippen LogP contribution >= 0.6 is 11.6 Å². The Kier molecular flexibility index (Phi) is 3.43. The maximum atomic E-state index is 11.4. The van der Waals surface area contributed by atoms with E-state index in [1.807, 2.05) is 29.3 Å². The van der Waals surface area contributed by atoms with E-state index in [-0.39, 0.29) is 11.9 Å². The van der Waals surface area contributed by atoms with Gasteiger partial charge in [0.05, 0.1) is 6.04 Å². The fraction of sp³-hybridized carbons (Fsp3) is 0.364. The molecule has 1 amide bonds. The number of hydrogen-bond acceptors (Lipinski definition) is 3. The molecule has 1 fully saturated rings. The van der Waals surface area contributed by atoms with Gasteiger partial charge in [-0.05, 0) is 17.7 Å². The van der Waals surface area contributed by atoms with Crippen molar-refractivity contribution in [2.24, 2.45) is 5.73 Å². The molecule has 0 bridgehead atoms. The average molecular weight is 240 g/mol. The molecule has 0 aliphatic carbocycles. The minimum Gasteiger partial charge on any atom is -0.329 e. The van der Waals surface area contributed by atoms with Gasteiger partial charge in [-0.3, -0.25) is 10.2 Å². The van der Waals surface area contributed by atoms with Gasteiger partial charge in [-0.1, -0.05) is 23.7 Å². The van der Waals surface area contributed by atoms with Crippen LogP contribution in [-0.4, -0.2) is 24.0 Å². The van der Waals surface area contributed by atoms with Gasteiger partial charge in [0, 0.05) is 24.5 Å². The third kappa shape index (κ3) is 2.35. The Balaban J connectivity index is 2.21. The van der Waals surface area contributed by atoms with Crippen molar-refractivity contribution < 1.29 is 4.79 Å². The maximum Gasteiger partial charge on any atom is 0.236 e. The van der Waals surface area contributed by atoms with Crippen molar-refractivity contribution in [3.05, 3.63) is 34.9 Å². The topological polar surface area (TPSA) is 58.4 Å². The third-order valence-electron chi connectivity index (χ3n) is 2.63. The fourth-order valence-corrected chi connectivity index (χ4v) is 2.13. The summed E-state index contributed by atoms with van der Waals surface area (Å²) in [7, 11) is 0. The Morgan fingerprint density at radius 1 is 1.56 bits per heavy atom. The molecule has 2 rings (SSSR count). The van der Waals surface area contributed by atoms with Gasteiger partial charge >= 0.3 is 0 Å². The van der Waals surface area contributed by atoms with E-state index in [1.54, 1.807) is 0 Å². The number of amides is 1. The number of carbonyl (C=O) groups is 1. The van der Waals surface area contributed by atoms with Gasteiger partial charge in [0.15, 0.2) is 0 Å². The van der Waals surface area contributed by atoms with Crippen LogP contribution in [0.2, 0.25) is 5.02 Å². The second kappa shape index (κ2) is 4.82. The third-order valence-corrected chi connectivity index (χ3v) is 2.86. The molecule has 4 nitrogen and oxygen atoms in total. The highest BCUT2D eigenvalue weighted by molar-refractivity contribution is 6.30. The number of nitrogens with two attached hydrogens (primary N) is 1. The second-order valence-electron chi connectivity index (χ2n) is 3.79. The molecular formula is C11H14ClN3O. The Hall–Kier alpha value is -1.10. The molecule has 1 aliphatic rings. The summed E-state index contributed by atoms with van der Waals surface area (Å²) >= 11 is 5.94. The lowest BCUT2D eigenvalue weighted by Crippen LogP contribution is -2.38. The maximum absolute atomic E-state index is 11.4. The van der Waals surface area contributed by atoms with Gasteiger partial charge in [-0.15, -0.1) is 0 Å². The van der Waals surface area contributed by atoms with Gasteiger partial charge in [-0.25, -0.2) is 5.01 Å². The zero-order valence-corrected chi connectivity index (χ0v) is 9.57. The summed E-state index contributed by atoms with van der Waals surface area (Å²) in [6, 6.07) is 7.61. The lowest BCUT2D eigenvalue weighted by Gasteiger charge is -2.22. The van der Waals surface area contributed by atoms with E-state index in [1.165, 1.54) is 0 Å². The van der Waals surface area contributed by atoms with E-state index in [4.69, 9.17) is 17.3 Å². The molecule has 86 valence electrons. The molecule has 0 saturated carbocycles. The number of hydrazine groups is 1. The van der Waals surface area contributed by atoms with Gasteiger partial charge in [0.2, 0.25) is 5.91 Å². The largest absolute Gasteiger partial charge is 0.329 e. The van der Waals surface area contributed by atoms with E-state index in [9.17, 15) is 4.79 Å². The highest BCUT2D eigenvalue weighted by atomic mass is 35.5. The molecule has 1 aromatic carbocycles. The zero-order chi connectivity index (χ0) is 11.5. The molecule has 1 aliphatic heterocycles. The molecule has 1 saturated heterocycles. The minimum atomic E-state index is 0.0263. The first-order chi connectivity index (χ1) is 7.70. The summed E-state index contributed by atoms with van der Waals surface area (Å²) in [5.41, 5.74) is 9.34. The second-order valence-corrected chi connectivity index (χ2v) is 4.23. The van der Waals surface area contributed by atoms with E-state index in [2.05, 4.69) is 5.43 Å². The molecule has 1 aromatic rings. The van der Waals surface area contributed by atoms with Crippen LogP contribution in [0.15, 0.2) is 24.3 Å². The van der Waals surface area contributed by atoms with Crippen LogP contribution in [0.3, 0.4) is 0 Å². The zero-order valence-electron chi connectivity index (χ0n) is 8.82. The Labute approximate surface area is 99.3 Å². The van der Waals surface area contributed by atoms with Crippen molar-refractivity contribution in [2.45, 2.75) is 12.5 Å². The highest BCUT2D eigenvalue weighted by Crippen LogP contribution is 2.28. The van der Waals surface area contributed by atoms with Crippen LogP contribution in [-0.2, 0) is 4.79 Å². The molecule has 0 aromatic heterocycles. The molecule has 3 N–H and O–H groups in total. The summed E-state index contributed by atoms with van der Waals surface area (Å²) < 4.78 is 0. The first kappa shape index (κ1) is 11.4. The minimum absolute atomic E-state index is 0.0263. The van der Waals surface area contributed by atoms with E-state index < -0.39 is 0 Å². The fourth-order valence-electron chi connectivity index (χ4n) is 1.93. The molecule has 5 heteroatoms. The first-order valence-electron chi connectivity index (χ1n) is 5.22. The SMILES string of the molecule is NCCN1NC(=O)CC1c1cccc(Cl)c1. The standard InChI is InChI=1S/C11H14ClN3O/c12-9-3-1-2-8(6-9)10-7-11(16)14-15(10)5-4-13/h1-3,6,10H,4-5,7,13H2,(H,14,16). The van der Waals surface area contributed by atoms with Crippen LogP contribution in [0.5, 0.6) is 0 Å². The summed E-state index contributed by atoms with van der Waals surface area (Å²) in [6.45, 7) is 1.15. The summed E-state index contributed by atoms with van der Waals surface area (Å²) in [5, 5.41) is 2.55. The number of carbonyl (C=O) groups excluding carboxylic acids is 1. The molecule has 1 heterocycles. The summed E-state index contributed by atoms with van der Waals surface area (Å²) in [6.07, 6.45) is 0.459. The highest BCUT2D eigenvalue weighted by Gasteiger charge is 2.30. The number of benzene rings is 1. The predicted molar refractivity (Wildman–Crippen MR) is 62.7 cm³/mol. The van der Waals surface area contributed by atoms with Crippen molar-refractivity contribution in [2.75, 3.05) is 13.1 Å². The van der Waals surface area contributed by atoms with E-state index in [0.29, 0.717) is 24.5 Å². The average Bonchev–Trinajstić information content (AvgIpc) is 2.60. The summed E-state index contributed by atoms with van der Waals surface area (Å²) in [4.78, 5) is 11.4. The molecule has 0 radical (unpaired) electrons. The lowest BCUT2D eigenvalue weighted by molar-refractivity contribution is -0.120. The van der Waals surface area contributed by atoms with Crippen LogP contribution in [0.1, 0.15) is 18.0 Å². The van der Waals surface area contributed by atoms with Gasteiger partial charge in [-0.2, -0.15) is 0 Å². The van der Waals surface area contributed by atoms with E-state index >= 15 is 0 Å². The normalized spacial score (nSPS) is 21.1. The van der Waals surface area contributed by atoms with Gasteiger partial charge < -0.3 is 5.73 Å². The number of rotatable bonds is 3. The molecule has 1 unspecified atom stereocenters. The Morgan fingerprint density at radius 3 is 3.06 bits per heavy atom. The van der Waals surface area contributed by atoms with Crippen molar-refractivity contribution in [3.8, 4) is 0 Å². The molecular weight excluding hydrogens is 226 g/mol. The molecule has 1 atom stereocenters. The van der Waals surface area contributed by atoms with Crippen LogP contribution in [0.25, 0.3) is 0 Å². The summed E-state index contributed by atoms with van der Waals surface area (Å²) in [5.74, 6) is 0.0263. The quantitative estimate of drug-likeness (QED) is 0.830. The van der Waals surface area contributed by atoms with Crippen molar-refractivity contribution in [1.29, 1.82) is 0 Å². The number of hydrogen-bond donors (Lipinski definition) is 2. The van der Waals surface area contributed by atoms with Crippen molar-refractivity contribution in [1.82, 2.24) is 10.4 Å². The lowest BCUT2D eigenvalue weighted by atomic mass is 10.0. The smallest absolute Gasteiger partial charge is 0.236 e.